The van der Waals surface area contributed by atoms with E-state index >= 15 is 0 Å². The summed E-state index contributed by atoms with van der Waals surface area (Å²) in [4.78, 5) is 12.0. The zero-order valence-corrected chi connectivity index (χ0v) is 14.4. The molecule has 0 bridgehead atoms. The number of hydrogen-bond acceptors (Lipinski definition) is 6. The highest BCUT2D eigenvalue weighted by Crippen LogP contribution is 2.31. The van der Waals surface area contributed by atoms with Gasteiger partial charge in [-0.15, -0.1) is 18.3 Å². The summed E-state index contributed by atoms with van der Waals surface area (Å²) in [5.74, 6) is -0.561. The van der Waals surface area contributed by atoms with Crippen LogP contribution in [0.25, 0.3) is 0 Å². The van der Waals surface area contributed by atoms with Crippen molar-refractivity contribution in [3.63, 3.8) is 0 Å². The van der Waals surface area contributed by atoms with Crippen LogP contribution in [0.4, 0.5) is 18.9 Å². The molecule has 3 rings (SSSR count). The number of carbonyl (C=O) groups excluding carboxylic acids is 1. The van der Waals surface area contributed by atoms with E-state index in [1.165, 1.54) is 23.9 Å². The number of hydrogen-bond donors (Lipinski definition) is 1. The van der Waals surface area contributed by atoms with Crippen molar-refractivity contribution in [1.82, 2.24) is 20.2 Å². The number of aromatic nitrogens is 4. The van der Waals surface area contributed by atoms with Crippen molar-refractivity contribution < 1.29 is 22.7 Å². The molecule has 1 aliphatic carbocycles. The van der Waals surface area contributed by atoms with Gasteiger partial charge in [0.2, 0.25) is 11.1 Å². The monoisotopic (exact) mass is 387 g/mol. The summed E-state index contributed by atoms with van der Waals surface area (Å²) in [6.07, 6.45) is -0.411. The molecule has 0 unspecified atom stereocenters. The van der Waals surface area contributed by atoms with Crippen LogP contribution in [-0.4, -0.2) is 38.2 Å². The first kappa shape index (κ1) is 18.5. The van der Waals surface area contributed by atoms with E-state index in [1.54, 1.807) is 4.68 Å². The van der Waals surface area contributed by atoms with Gasteiger partial charge in [-0.3, -0.25) is 4.79 Å². The van der Waals surface area contributed by atoms with E-state index in [-0.39, 0.29) is 23.5 Å². The standard InChI is InChI=1S/C15H16F3N5O2S/c16-15(17,18)25-12-7-5-10(6-8-12)19-13(24)9-26-14-20-21-22-23(14)11-3-1-2-4-11/h5-8,11H,1-4,9H2,(H,19,24). The third kappa shape index (κ3) is 5.10. The third-order valence-electron chi connectivity index (χ3n) is 3.84. The average molecular weight is 387 g/mol. The quantitative estimate of drug-likeness (QED) is 0.765. The Kier molecular flexibility index (Phi) is 5.64. The van der Waals surface area contributed by atoms with Gasteiger partial charge < -0.3 is 10.1 Å². The lowest BCUT2D eigenvalue weighted by molar-refractivity contribution is -0.274. The predicted molar refractivity (Wildman–Crippen MR) is 87.8 cm³/mol. The second-order valence-electron chi connectivity index (χ2n) is 5.75. The number of rotatable bonds is 6. The molecule has 0 spiro atoms. The van der Waals surface area contributed by atoms with Crippen LogP contribution >= 0.6 is 11.8 Å². The first-order chi connectivity index (χ1) is 12.4. The normalized spacial score (nSPS) is 15.2. The summed E-state index contributed by atoms with van der Waals surface area (Å²) in [5.41, 5.74) is 0.375. The van der Waals surface area contributed by atoms with Gasteiger partial charge in [-0.25, -0.2) is 4.68 Å². The molecule has 26 heavy (non-hydrogen) atoms. The van der Waals surface area contributed by atoms with Gasteiger partial charge >= 0.3 is 6.36 Å². The largest absolute Gasteiger partial charge is 0.573 e. The average Bonchev–Trinajstić information content (AvgIpc) is 3.24. The number of amides is 1. The van der Waals surface area contributed by atoms with Crippen molar-refractivity contribution in [3.8, 4) is 5.75 Å². The minimum absolute atomic E-state index is 0.0912. The maximum atomic E-state index is 12.1. The summed E-state index contributed by atoms with van der Waals surface area (Å²) < 4.78 is 41.9. The van der Waals surface area contributed by atoms with Gasteiger partial charge in [0.15, 0.2) is 0 Å². The highest BCUT2D eigenvalue weighted by Gasteiger charge is 2.31. The zero-order chi connectivity index (χ0) is 18.6. The Hall–Kier alpha value is -2.30. The van der Waals surface area contributed by atoms with Gasteiger partial charge in [-0.2, -0.15) is 0 Å². The Balaban J connectivity index is 1.51. The van der Waals surface area contributed by atoms with Crippen LogP contribution in [0.1, 0.15) is 31.7 Å². The van der Waals surface area contributed by atoms with Gasteiger partial charge in [0.1, 0.15) is 5.75 Å². The smallest absolute Gasteiger partial charge is 0.406 e. The molecule has 1 heterocycles. The highest BCUT2D eigenvalue weighted by molar-refractivity contribution is 7.99. The zero-order valence-electron chi connectivity index (χ0n) is 13.6. The number of carbonyl (C=O) groups is 1. The van der Waals surface area contributed by atoms with Crippen LogP contribution < -0.4 is 10.1 Å². The Morgan fingerprint density at radius 1 is 1.27 bits per heavy atom. The number of thioether (sulfide) groups is 1. The van der Waals surface area contributed by atoms with E-state index in [4.69, 9.17) is 0 Å². The van der Waals surface area contributed by atoms with Gasteiger partial charge in [0, 0.05) is 5.69 Å². The van der Waals surface area contributed by atoms with Crippen molar-refractivity contribution in [1.29, 1.82) is 0 Å². The second kappa shape index (κ2) is 7.94. The molecule has 7 nitrogen and oxygen atoms in total. The van der Waals surface area contributed by atoms with E-state index in [2.05, 4.69) is 25.6 Å². The number of tetrazole rings is 1. The Morgan fingerprint density at radius 3 is 2.62 bits per heavy atom. The molecule has 1 saturated carbocycles. The van der Waals surface area contributed by atoms with Gasteiger partial charge in [0.25, 0.3) is 0 Å². The second-order valence-corrected chi connectivity index (χ2v) is 6.70. The fourth-order valence-corrected chi connectivity index (χ4v) is 3.47. The SMILES string of the molecule is O=C(CSc1nnnn1C1CCCC1)Nc1ccc(OC(F)(F)F)cc1. The van der Waals surface area contributed by atoms with E-state index in [0.29, 0.717) is 10.8 Å². The molecule has 11 heteroatoms. The van der Waals surface area contributed by atoms with Crippen molar-refractivity contribution in [2.75, 3.05) is 11.1 Å². The maximum Gasteiger partial charge on any atom is 0.573 e. The molecule has 1 fully saturated rings. The van der Waals surface area contributed by atoms with Crippen molar-refractivity contribution in [3.05, 3.63) is 24.3 Å². The van der Waals surface area contributed by atoms with Crippen LogP contribution in [-0.2, 0) is 4.79 Å². The molecule has 2 aromatic rings. The van der Waals surface area contributed by atoms with Crippen molar-refractivity contribution >= 4 is 23.4 Å². The van der Waals surface area contributed by atoms with Gasteiger partial charge in [-0.1, -0.05) is 24.6 Å². The molecular weight excluding hydrogens is 371 g/mol. The summed E-state index contributed by atoms with van der Waals surface area (Å²) in [6, 6.07) is 5.23. The van der Waals surface area contributed by atoms with Crippen LogP contribution in [0.5, 0.6) is 5.75 Å². The number of benzene rings is 1. The minimum Gasteiger partial charge on any atom is -0.406 e. The number of alkyl halides is 3. The predicted octanol–water partition coefficient (Wildman–Crippen LogP) is 3.42. The summed E-state index contributed by atoms with van der Waals surface area (Å²) in [5, 5.41) is 14.8. The van der Waals surface area contributed by atoms with Crippen LogP contribution in [0.2, 0.25) is 0 Å². The topological polar surface area (TPSA) is 81.9 Å². The molecule has 1 amide bonds. The molecule has 0 radical (unpaired) electrons. The lowest BCUT2D eigenvalue weighted by Gasteiger charge is -2.11. The number of ether oxygens (including phenoxy) is 1. The van der Waals surface area contributed by atoms with Crippen molar-refractivity contribution in [2.45, 2.75) is 43.2 Å². The molecule has 0 saturated heterocycles. The lowest BCUT2D eigenvalue weighted by Crippen LogP contribution is -2.17. The number of nitrogens with zero attached hydrogens (tertiary/aromatic N) is 4. The summed E-state index contributed by atoms with van der Waals surface area (Å²) in [7, 11) is 0. The van der Waals surface area contributed by atoms with Gasteiger partial charge in [-0.05, 0) is 47.5 Å². The van der Waals surface area contributed by atoms with E-state index in [0.717, 1.165) is 37.8 Å². The fraction of sp³-hybridized carbons (Fsp3) is 0.467. The first-order valence-corrected chi connectivity index (χ1v) is 8.95. The Morgan fingerprint density at radius 2 is 1.96 bits per heavy atom. The Bertz CT molecular complexity index is 744. The minimum atomic E-state index is -4.75. The lowest BCUT2D eigenvalue weighted by atomic mass is 10.3. The third-order valence-corrected chi connectivity index (χ3v) is 4.77. The van der Waals surface area contributed by atoms with Crippen LogP contribution in [0, 0.1) is 0 Å². The molecule has 0 atom stereocenters. The molecule has 1 N–H and O–H groups in total. The van der Waals surface area contributed by atoms with E-state index < -0.39 is 6.36 Å². The highest BCUT2D eigenvalue weighted by atomic mass is 32.2. The summed E-state index contributed by atoms with van der Waals surface area (Å²) in [6.45, 7) is 0. The van der Waals surface area contributed by atoms with Crippen molar-refractivity contribution in [2.24, 2.45) is 0 Å². The molecule has 140 valence electrons. The van der Waals surface area contributed by atoms with Crippen LogP contribution in [0.3, 0.4) is 0 Å². The van der Waals surface area contributed by atoms with E-state index in [9.17, 15) is 18.0 Å². The maximum absolute atomic E-state index is 12.1. The Labute approximate surface area is 151 Å². The first-order valence-electron chi connectivity index (χ1n) is 7.97. The fourth-order valence-electron chi connectivity index (χ4n) is 2.73. The summed E-state index contributed by atoms with van der Waals surface area (Å²) >= 11 is 1.22. The molecule has 1 aromatic heterocycles. The van der Waals surface area contributed by atoms with E-state index in [1.807, 2.05) is 0 Å². The molecule has 1 aliphatic rings. The van der Waals surface area contributed by atoms with Gasteiger partial charge in [0.05, 0.1) is 11.8 Å². The molecule has 0 aliphatic heterocycles. The molecule has 1 aromatic carbocycles. The molecular formula is C15H16F3N5O2S. The van der Waals surface area contributed by atoms with Crippen LogP contribution in [0.15, 0.2) is 29.4 Å². The number of anilines is 1. The number of nitrogens with one attached hydrogen (secondary N) is 1. The number of halogens is 3.